The van der Waals surface area contributed by atoms with E-state index in [2.05, 4.69) is 21.7 Å². The van der Waals surface area contributed by atoms with Crippen LogP contribution < -0.4 is 10.2 Å². The van der Waals surface area contributed by atoms with Gasteiger partial charge in [-0.3, -0.25) is 14.6 Å². The maximum atomic E-state index is 13.4. The van der Waals surface area contributed by atoms with Gasteiger partial charge in [0, 0.05) is 74.6 Å². The fraction of sp³-hybridized carbons (Fsp3) is 0.500. The van der Waals surface area contributed by atoms with E-state index in [1.165, 1.54) is 29.9 Å². The summed E-state index contributed by atoms with van der Waals surface area (Å²) in [6, 6.07) is 19.5. The Labute approximate surface area is 249 Å². The Bertz CT molecular complexity index is 1390. The number of imidazole rings is 1. The maximum absolute atomic E-state index is 13.4. The molecular weight excluding hydrogens is 524 g/mol. The molecule has 3 aliphatic rings. The second kappa shape index (κ2) is 12.3. The van der Waals surface area contributed by atoms with Crippen molar-refractivity contribution >= 4 is 23.3 Å². The summed E-state index contributed by atoms with van der Waals surface area (Å²) in [4.78, 5) is 37.0. The van der Waals surface area contributed by atoms with Crippen molar-refractivity contribution < 1.29 is 9.59 Å². The molecule has 3 atom stereocenters. The number of nitrogens with one attached hydrogen (secondary N) is 1. The van der Waals surface area contributed by atoms with Gasteiger partial charge >= 0.3 is 6.03 Å². The SMILES string of the molecule is CCc1nc2c(n1C1C[C@H]3CC[C@@H](C1)N3CCCN(C(=O)Nc1ccc(C)cc1)c1ccccc1)CCN(C(C)=O)C2. The van der Waals surface area contributed by atoms with Crippen molar-refractivity contribution in [1.82, 2.24) is 19.4 Å². The Hall–Kier alpha value is -3.65. The topological polar surface area (TPSA) is 73.7 Å². The van der Waals surface area contributed by atoms with Crippen molar-refractivity contribution in [2.75, 3.05) is 29.9 Å². The lowest BCUT2D eigenvalue weighted by atomic mass is 9.95. The lowest BCUT2D eigenvalue weighted by Gasteiger charge is -2.41. The van der Waals surface area contributed by atoms with Crippen LogP contribution in [0.1, 0.15) is 74.8 Å². The fourth-order valence-corrected chi connectivity index (χ4v) is 7.43. The molecule has 8 nitrogen and oxygen atoms in total. The molecule has 0 spiro atoms. The van der Waals surface area contributed by atoms with Crippen LogP contribution in [0.2, 0.25) is 0 Å². The van der Waals surface area contributed by atoms with Crippen LogP contribution in [-0.4, -0.2) is 63.0 Å². The number of fused-ring (bicyclic) bond motifs is 3. The molecule has 0 aliphatic carbocycles. The van der Waals surface area contributed by atoms with Gasteiger partial charge in [-0.05, 0) is 63.3 Å². The average molecular weight is 569 g/mol. The van der Waals surface area contributed by atoms with Crippen molar-refractivity contribution in [1.29, 1.82) is 0 Å². The van der Waals surface area contributed by atoms with Gasteiger partial charge in [-0.25, -0.2) is 9.78 Å². The molecule has 8 heteroatoms. The lowest BCUT2D eigenvalue weighted by molar-refractivity contribution is -0.129. The number of nitrogens with zero attached hydrogens (tertiary/aromatic N) is 5. The molecule has 0 radical (unpaired) electrons. The number of carbonyl (C=O) groups is 2. The van der Waals surface area contributed by atoms with Crippen molar-refractivity contribution in [3.63, 3.8) is 0 Å². The molecule has 3 aromatic rings. The van der Waals surface area contributed by atoms with E-state index < -0.39 is 0 Å². The van der Waals surface area contributed by atoms with E-state index in [9.17, 15) is 9.59 Å². The van der Waals surface area contributed by atoms with Crippen LogP contribution in [-0.2, 0) is 24.2 Å². The standard InChI is InChI=1S/C34H44N6O2/c1-4-33-36-31-23-37(25(3)41)20-17-32(31)40(33)30-21-28-15-16-29(22-30)38(28)18-8-19-39(27-9-6-5-7-10-27)34(42)35-26-13-11-24(2)12-14-26/h5-7,9-14,28-30H,4,8,15-23H2,1-3H3,(H,35,42)/t28-,29+,30?. The van der Waals surface area contributed by atoms with Gasteiger partial charge in [0.25, 0.3) is 0 Å². The molecule has 4 heterocycles. The quantitative estimate of drug-likeness (QED) is 0.364. The van der Waals surface area contributed by atoms with Crippen LogP contribution in [0, 0.1) is 6.92 Å². The van der Waals surface area contributed by atoms with Crippen LogP contribution in [0.3, 0.4) is 0 Å². The first-order valence-corrected chi connectivity index (χ1v) is 15.7. The largest absolute Gasteiger partial charge is 0.337 e. The number of hydrogen-bond donors (Lipinski definition) is 1. The normalized spacial score (nSPS) is 21.7. The monoisotopic (exact) mass is 568 g/mol. The summed E-state index contributed by atoms with van der Waals surface area (Å²) in [7, 11) is 0. The Morgan fingerprint density at radius 3 is 2.38 bits per heavy atom. The Morgan fingerprint density at radius 2 is 1.71 bits per heavy atom. The van der Waals surface area contributed by atoms with Gasteiger partial charge in [0.1, 0.15) is 5.82 Å². The number of aromatic nitrogens is 2. The molecule has 2 bridgehead atoms. The van der Waals surface area contributed by atoms with Gasteiger partial charge < -0.3 is 14.8 Å². The minimum Gasteiger partial charge on any atom is -0.337 e. The third-order valence-electron chi connectivity index (χ3n) is 9.53. The first kappa shape index (κ1) is 28.5. The highest BCUT2D eigenvalue weighted by Gasteiger charge is 2.42. The molecule has 6 rings (SSSR count). The van der Waals surface area contributed by atoms with Crippen molar-refractivity contribution in [2.24, 2.45) is 0 Å². The minimum atomic E-state index is -0.0907. The molecule has 42 heavy (non-hydrogen) atoms. The highest BCUT2D eigenvalue weighted by molar-refractivity contribution is 6.01. The average Bonchev–Trinajstić information content (AvgIpc) is 3.48. The summed E-state index contributed by atoms with van der Waals surface area (Å²) in [6.07, 6.45) is 7.54. The molecule has 1 aromatic heterocycles. The van der Waals surface area contributed by atoms with Crippen LogP contribution in [0.5, 0.6) is 0 Å². The zero-order chi connectivity index (χ0) is 29.2. The molecule has 2 fully saturated rings. The Balaban J connectivity index is 1.11. The predicted octanol–water partition coefficient (Wildman–Crippen LogP) is 5.96. The molecule has 3 amide bonds. The van der Waals surface area contributed by atoms with Gasteiger partial charge in [-0.15, -0.1) is 0 Å². The summed E-state index contributed by atoms with van der Waals surface area (Å²) in [5.41, 5.74) is 5.37. The molecular formula is C34H44N6O2. The third-order valence-corrected chi connectivity index (χ3v) is 9.53. The minimum absolute atomic E-state index is 0.0907. The number of anilines is 2. The summed E-state index contributed by atoms with van der Waals surface area (Å²) >= 11 is 0. The summed E-state index contributed by atoms with van der Waals surface area (Å²) in [6.45, 7) is 9.01. The van der Waals surface area contributed by atoms with Gasteiger partial charge in [0.15, 0.2) is 0 Å². The van der Waals surface area contributed by atoms with Gasteiger partial charge in [-0.2, -0.15) is 0 Å². The smallest absolute Gasteiger partial charge is 0.326 e. The molecule has 1 N–H and O–H groups in total. The van der Waals surface area contributed by atoms with E-state index in [-0.39, 0.29) is 11.9 Å². The van der Waals surface area contributed by atoms with E-state index in [0.717, 1.165) is 62.3 Å². The lowest BCUT2D eigenvalue weighted by Crippen LogP contribution is -2.45. The molecule has 0 saturated carbocycles. The number of benzene rings is 2. The van der Waals surface area contributed by atoms with E-state index in [4.69, 9.17) is 4.98 Å². The number of hydrogen-bond acceptors (Lipinski definition) is 4. The van der Waals surface area contributed by atoms with Crippen molar-refractivity contribution in [3.05, 3.63) is 77.4 Å². The van der Waals surface area contributed by atoms with E-state index in [0.29, 0.717) is 31.2 Å². The molecule has 3 aliphatic heterocycles. The Morgan fingerprint density at radius 1 is 1.00 bits per heavy atom. The number of carbonyl (C=O) groups excluding carboxylic acids is 2. The summed E-state index contributed by atoms with van der Waals surface area (Å²) in [5, 5.41) is 3.10. The second-order valence-corrected chi connectivity index (χ2v) is 12.2. The molecule has 1 unspecified atom stereocenters. The fourth-order valence-electron chi connectivity index (χ4n) is 7.43. The molecule has 222 valence electrons. The van der Waals surface area contributed by atoms with E-state index in [1.54, 1.807) is 6.92 Å². The van der Waals surface area contributed by atoms with Crippen LogP contribution in [0.4, 0.5) is 16.2 Å². The predicted molar refractivity (Wildman–Crippen MR) is 167 cm³/mol. The number of piperidine rings is 1. The zero-order valence-electron chi connectivity index (χ0n) is 25.3. The second-order valence-electron chi connectivity index (χ2n) is 12.2. The van der Waals surface area contributed by atoms with E-state index >= 15 is 0 Å². The highest BCUT2D eigenvalue weighted by atomic mass is 16.2. The number of aryl methyl sites for hydroxylation is 2. The summed E-state index contributed by atoms with van der Waals surface area (Å²) < 4.78 is 2.57. The summed E-state index contributed by atoms with van der Waals surface area (Å²) in [5.74, 6) is 1.32. The Kier molecular flexibility index (Phi) is 8.34. The highest BCUT2D eigenvalue weighted by Crippen LogP contribution is 2.42. The number of para-hydroxylation sites is 1. The number of amides is 3. The van der Waals surface area contributed by atoms with Gasteiger partial charge in [0.05, 0.1) is 12.2 Å². The van der Waals surface area contributed by atoms with Crippen molar-refractivity contribution in [2.45, 2.75) is 90.4 Å². The van der Waals surface area contributed by atoms with Gasteiger partial charge in [-0.1, -0.05) is 42.8 Å². The van der Waals surface area contributed by atoms with Crippen LogP contribution in [0.15, 0.2) is 54.6 Å². The molecule has 2 aromatic carbocycles. The number of rotatable bonds is 8. The zero-order valence-corrected chi connectivity index (χ0v) is 25.3. The third kappa shape index (κ3) is 5.82. The van der Waals surface area contributed by atoms with Gasteiger partial charge in [0.2, 0.25) is 5.91 Å². The van der Waals surface area contributed by atoms with Crippen LogP contribution >= 0.6 is 0 Å². The first-order valence-electron chi connectivity index (χ1n) is 15.7. The molecule has 2 saturated heterocycles. The first-order chi connectivity index (χ1) is 20.4. The van der Waals surface area contributed by atoms with E-state index in [1.807, 2.05) is 71.3 Å². The van der Waals surface area contributed by atoms with Crippen LogP contribution in [0.25, 0.3) is 0 Å². The van der Waals surface area contributed by atoms with Crippen molar-refractivity contribution in [3.8, 4) is 0 Å². The maximum Gasteiger partial charge on any atom is 0.326 e. The number of urea groups is 1.